The number of benzene rings is 3. The number of carboxylic acid groups (broad SMARTS) is 1. The number of β-amino-alcohol motifs (C(OH)–C–C–N with tert-alkyl or cyclic N) is 1. The zero-order chi connectivity index (χ0) is 33.9. The van der Waals surface area contributed by atoms with Crippen molar-refractivity contribution in [3.05, 3.63) is 89.0 Å². The number of fused-ring (bicyclic) bond motifs is 1. The first-order valence-corrected chi connectivity index (χ1v) is 16.2. The third-order valence-electron chi connectivity index (χ3n) is 8.13. The number of rotatable bonds is 13. The van der Waals surface area contributed by atoms with Crippen LogP contribution in [0.4, 0.5) is 13.2 Å². The highest BCUT2D eigenvalue weighted by molar-refractivity contribution is 7.89. The Morgan fingerprint density at radius 1 is 1.07 bits per heavy atom. The number of halogens is 3. The van der Waals surface area contributed by atoms with Crippen molar-refractivity contribution < 1.29 is 41.3 Å². The number of hydrogen-bond acceptors (Lipinski definition) is 6. The highest BCUT2D eigenvalue weighted by Gasteiger charge is 2.34. The minimum absolute atomic E-state index is 0.0487. The quantitative estimate of drug-likeness (QED) is 0.204. The number of nitrogens with one attached hydrogen (secondary N) is 1. The van der Waals surface area contributed by atoms with Crippen LogP contribution in [0.25, 0.3) is 17.2 Å². The topological polar surface area (TPSA) is 116 Å². The molecule has 0 radical (unpaired) electrons. The summed E-state index contributed by atoms with van der Waals surface area (Å²) in [7, 11) is -1.90. The average molecular weight is 661 g/mol. The second-order valence-electron chi connectivity index (χ2n) is 12.3. The number of nitrogens with zero attached hydrogens (tertiary/aromatic N) is 1. The van der Waals surface area contributed by atoms with Crippen LogP contribution in [0.2, 0.25) is 0 Å². The fourth-order valence-corrected chi connectivity index (χ4v) is 7.19. The van der Waals surface area contributed by atoms with Gasteiger partial charge >= 0.3 is 12.1 Å². The summed E-state index contributed by atoms with van der Waals surface area (Å²) in [5, 5.41) is 23.1. The SMILES string of the molecule is COc1ccc(-c2cc(C(F)(F)F)cc(S(=O)(=O)N(C)C[C@H](O)CNC(C)(C)CC3Cc4ccccc4C3)c2)cc1/C=C/C(=O)O. The van der Waals surface area contributed by atoms with E-state index in [9.17, 15) is 31.5 Å². The summed E-state index contributed by atoms with van der Waals surface area (Å²) in [4.78, 5) is 10.4. The van der Waals surface area contributed by atoms with Crippen molar-refractivity contribution in [3.8, 4) is 16.9 Å². The Kier molecular flexibility index (Phi) is 10.7. The van der Waals surface area contributed by atoms with Crippen molar-refractivity contribution in [2.24, 2.45) is 5.92 Å². The van der Waals surface area contributed by atoms with Gasteiger partial charge in [-0.25, -0.2) is 13.2 Å². The fraction of sp³-hybridized carbons (Fsp3) is 0.382. The van der Waals surface area contributed by atoms with E-state index in [1.165, 1.54) is 49.6 Å². The molecule has 0 saturated carbocycles. The molecule has 0 spiro atoms. The van der Waals surface area contributed by atoms with Crippen LogP contribution in [0.1, 0.15) is 42.5 Å². The predicted molar refractivity (Wildman–Crippen MR) is 170 cm³/mol. The predicted octanol–water partition coefficient (Wildman–Crippen LogP) is 5.63. The second kappa shape index (κ2) is 14.0. The van der Waals surface area contributed by atoms with Gasteiger partial charge in [-0.15, -0.1) is 0 Å². The number of likely N-dealkylation sites (N-methyl/N-ethyl adjacent to an activating group) is 1. The lowest BCUT2D eigenvalue weighted by Crippen LogP contribution is -2.47. The highest BCUT2D eigenvalue weighted by Crippen LogP contribution is 2.37. The molecule has 8 nitrogen and oxygen atoms in total. The molecule has 0 fully saturated rings. The normalized spacial score (nSPS) is 15.0. The number of carbonyl (C=O) groups is 1. The number of hydrogen-bond donors (Lipinski definition) is 3. The van der Waals surface area contributed by atoms with E-state index in [2.05, 4.69) is 17.4 Å². The van der Waals surface area contributed by atoms with Crippen LogP contribution in [0.3, 0.4) is 0 Å². The first-order valence-electron chi connectivity index (χ1n) is 14.8. The average Bonchev–Trinajstić information content (AvgIpc) is 3.39. The highest BCUT2D eigenvalue weighted by atomic mass is 32.2. The maximum absolute atomic E-state index is 14.0. The van der Waals surface area contributed by atoms with Gasteiger partial charge < -0.3 is 20.3 Å². The molecule has 0 heterocycles. The summed E-state index contributed by atoms with van der Waals surface area (Å²) in [6, 6.07) is 15.2. The first-order chi connectivity index (χ1) is 21.5. The number of alkyl halides is 3. The second-order valence-corrected chi connectivity index (χ2v) is 14.4. The summed E-state index contributed by atoms with van der Waals surface area (Å²) in [6.07, 6.45) is -1.11. The molecule has 46 heavy (non-hydrogen) atoms. The van der Waals surface area contributed by atoms with E-state index in [1.807, 2.05) is 26.0 Å². The summed E-state index contributed by atoms with van der Waals surface area (Å²) < 4.78 is 75.0. The molecule has 3 aromatic carbocycles. The zero-order valence-corrected chi connectivity index (χ0v) is 27.0. The van der Waals surface area contributed by atoms with Crippen LogP contribution in [0, 0.1) is 5.92 Å². The smallest absolute Gasteiger partial charge is 0.416 e. The Balaban J connectivity index is 1.50. The lowest BCUT2D eigenvalue weighted by atomic mass is 9.88. The molecule has 1 aliphatic rings. The van der Waals surface area contributed by atoms with Crippen LogP contribution < -0.4 is 10.1 Å². The van der Waals surface area contributed by atoms with E-state index < -0.39 is 38.7 Å². The Morgan fingerprint density at radius 3 is 2.30 bits per heavy atom. The minimum atomic E-state index is -4.85. The van der Waals surface area contributed by atoms with Crippen LogP contribution >= 0.6 is 0 Å². The molecule has 0 amide bonds. The maximum atomic E-state index is 14.0. The van der Waals surface area contributed by atoms with Gasteiger partial charge in [0.25, 0.3) is 0 Å². The van der Waals surface area contributed by atoms with Gasteiger partial charge in [-0.05, 0) is 97.7 Å². The molecule has 0 saturated heterocycles. The summed E-state index contributed by atoms with van der Waals surface area (Å²) in [6.45, 7) is 3.78. The van der Waals surface area contributed by atoms with Crippen LogP contribution in [0.5, 0.6) is 5.75 Å². The van der Waals surface area contributed by atoms with E-state index >= 15 is 0 Å². The first kappa shape index (κ1) is 35.1. The number of aliphatic hydroxyl groups is 1. The van der Waals surface area contributed by atoms with E-state index in [0.29, 0.717) is 12.0 Å². The van der Waals surface area contributed by atoms with E-state index in [0.717, 1.165) is 41.8 Å². The van der Waals surface area contributed by atoms with Gasteiger partial charge in [0.05, 0.1) is 23.7 Å². The van der Waals surface area contributed by atoms with Gasteiger partial charge in [0, 0.05) is 37.3 Å². The molecular weight excluding hydrogens is 621 g/mol. The molecule has 3 N–H and O–H groups in total. The van der Waals surface area contributed by atoms with Crippen molar-refractivity contribution in [2.75, 3.05) is 27.2 Å². The molecule has 12 heteroatoms. The molecule has 4 rings (SSSR count). The molecule has 3 aromatic rings. The molecule has 0 aliphatic heterocycles. The molecule has 0 aromatic heterocycles. The monoisotopic (exact) mass is 660 g/mol. The van der Waals surface area contributed by atoms with Gasteiger partial charge in [0.1, 0.15) is 5.75 Å². The van der Waals surface area contributed by atoms with E-state index in [-0.39, 0.29) is 41.1 Å². The molecule has 1 aliphatic carbocycles. The Labute approximate surface area is 267 Å². The largest absolute Gasteiger partial charge is 0.496 e. The summed E-state index contributed by atoms with van der Waals surface area (Å²) in [5.41, 5.74) is 1.61. The summed E-state index contributed by atoms with van der Waals surface area (Å²) in [5.74, 6) is -0.520. The number of aliphatic hydroxyl groups excluding tert-OH is 1. The van der Waals surface area contributed by atoms with E-state index in [4.69, 9.17) is 9.84 Å². The number of carboxylic acids is 1. The van der Waals surface area contributed by atoms with Crippen molar-refractivity contribution >= 4 is 22.1 Å². The molecular formula is C34H39F3N2O6S. The molecule has 248 valence electrons. The van der Waals surface area contributed by atoms with Crippen LogP contribution in [-0.2, 0) is 33.8 Å². The van der Waals surface area contributed by atoms with Gasteiger partial charge in [0.2, 0.25) is 10.0 Å². The van der Waals surface area contributed by atoms with Gasteiger partial charge in [-0.1, -0.05) is 30.3 Å². The van der Waals surface area contributed by atoms with Crippen molar-refractivity contribution in [2.45, 2.75) is 55.8 Å². The van der Waals surface area contributed by atoms with Crippen molar-refractivity contribution in [1.29, 1.82) is 0 Å². The van der Waals surface area contributed by atoms with Gasteiger partial charge in [0.15, 0.2) is 0 Å². The number of aliphatic carboxylic acids is 1. The summed E-state index contributed by atoms with van der Waals surface area (Å²) >= 11 is 0. The number of ether oxygens (including phenoxy) is 1. The third kappa shape index (κ3) is 8.75. The van der Waals surface area contributed by atoms with Crippen LogP contribution in [0.15, 0.2) is 71.6 Å². The Morgan fingerprint density at radius 2 is 1.72 bits per heavy atom. The Bertz CT molecular complexity index is 1680. The van der Waals surface area contributed by atoms with Crippen molar-refractivity contribution in [3.63, 3.8) is 0 Å². The van der Waals surface area contributed by atoms with Gasteiger partial charge in [-0.3, -0.25) is 0 Å². The van der Waals surface area contributed by atoms with Crippen LogP contribution in [-0.4, -0.2) is 67.8 Å². The maximum Gasteiger partial charge on any atom is 0.416 e. The lowest BCUT2D eigenvalue weighted by molar-refractivity contribution is -0.137. The molecule has 1 atom stereocenters. The lowest BCUT2D eigenvalue weighted by Gasteiger charge is -2.31. The van der Waals surface area contributed by atoms with Gasteiger partial charge in [-0.2, -0.15) is 17.5 Å². The standard InChI is InChI=1S/C34H39F3N2O6S/c1-33(2,19-22-13-23-7-5-6-8-24(23)14-22)38-20-29(40)21-39(3)46(43,44)30-17-27(16-28(18-30)34(35,36)37)25-9-11-31(45-4)26(15-25)10-12-32(41)42/h5-12,15-18,22,29,38,40H,13-14,19-21H2,1-4H3,(H,41,42)/b12-10+/t29-/m1/s1. The van der Waals surface area contributed by atoms with E-state index in [1.54, 1.807) is 0 Å². The number of sulfonamides is 1. The minimum Gasteiger partial charge on any atom is -0.496 e. The third-order valence-corrected chi connectivity index (χ3v) is 9.93. The zero-order valence-electron chi connectivity index (χ0n) is 26.1. The number of methoxy groups -OCH3 is 1. The fourth-order valence-electron chi connectivity index (χ4n) is 5.91. The molecule has 0 unspecified atom stereocenters. The Hall–Kier alpha value is -3.71. The van der Waals surface area contributed by atoms with Crippen molar-refractivity contribution in [1.82, 2.24) is 9.62 Å². The molecule has 0 bridgehead atoms.